The maximum Gasteiger partial charge on any atom is 0.326 e. The van der Waals surface area contributed by atoms with Crippen molar-refractivity contribution in [2.75, 3.05) is 0 Å². The first kappa shape index (κ1) is 23.9. The Labute approximate surface area is 179 Å². The fraction of sp³-hybridized carbons (Fsp3) is 0.429. The van der Waals surface area contributed by atoms with Gasteiger partial charge in [-0.2, -0.15) is 0 Å². The molecule has 31 heavy (non-hydrogen) atoms. The van der Waals surface area contributed by atoms with E-state index in [0.29, 0.717) is 12.0 Å². The second-order valence-corrected chi connectivity index (χ2v) is 7.86. The molecular weight excluding hydrogens is 404 g/mol. The molecular formula is C21H28N4O6. The highest BCUT2D eigenvalue weighted by atomic mass is 16.4. The number of H-pyrrole nitrogens is 1. The number of hydrogen-bond acceptors (Lipinski definition) is 5. The van der Waals surface area contributed by atoms with Crippen LogP contribution in [0.15, 0.2) is 30.5 Å². The summed E-state index contributed by atoms with van der Waals surface area (Å²) in [6, 6.07) is 3.63. The van der Waals surface area contributed by atoms with Crippen LogP contribution in [0.1, 0.15) is 32.3 Å². The molecule has 3 atom stereocenters. The quantitative estimate of drug-likeness (QED) is 0.301. The van der Waals surface area contributed by atoms with Gasteiger partial charge in [-0.15, -0.1) is 0 Å². The van der Waals surface area contributed by atoms with Gasteiger partial charge in [-0.3, -0.25) is 14.4 Å². The van der Waals surface area contributed by atoms with Crippen molar-refractivity contribution in [3.63, 3.8) is 0 Å². The van der Waals surface area contributed by atoms with Crippen LogP contribution in [-0.4, -0.2) is 57.1 Å². The first-order valence-electron chi connectivity index (χ1n) is 9.94. The number of aromatic nitrogens is 1. The lowest BCUT2D eigenvalue weighted by Crippen LogP contribution is -2.55. The van der Waals surface area contributed by atoms with E-state index in [2.05, 4.69) is 15.6 Å². The summed E-state index contributed by atoms with van der Waals surface area (Å²) < 4.78 is 0. The third-order valence-corrected chi connectivity index (χ3v) is 4.79. The van der Waals surface area contributed by atoms with E-state index in [1.807, 2.05) is 38.1 Å². The molecule has 0 saturated heterocycles. The van der Waals surface area contributed by atoms with E-state index in [1.54, 1.807) is 6.20 Å². The number of carboxylic acid groups (broad SMARTS) is 2. The molecule has 10 heteroatoms. The number of nitrogens with one attached hydrogen (secondary N) is 3. The van der Waals surface area contributed by atoms with Crippen molar-refractivity contribution in [1.29, 1.82) is 0 Å². The minimum Gasteiger partial charge on any atom is -0.481 e. The van der Waals surface area contributed by atoms with E-state index in [1.165, 1.54) is 0 Å². The van der Waals surface area contributed by atoms with Crippen LogP contribution in [0.4, 0.5) is 0 Å². The number of nitrogens with two attached hydrogens (primary N) is 1. The summed E-state index contributed by atoms with van der Waals surface area (Å²) in [5.74, 6) is -4.05. The molecule has 1 heterocycles. The Morgan fingerprint density at radius 3 is 2.29 bits per heavy atom. The van der Waals surface area contributed by atoms with Gasteiger partial charge >= 0.3 is 11.9 Å². The Bertz CT molecular complexity index is 954. The first-order chi connectivity index (χ1) is 14.6. The molecule has 10 nitrogen and oxygen atoms in total. The smallest absolute Gasteiger partial charge is 0.326 e. The van der Waals surface area contributed by atoms with E-state index in [-0.39, 0.29) is 12.3 Å². The van der Waals surface area contributed by atoms with E-state index < -0.39 is 48.3 Å². The third-order valence-electron chi connectivity index (χ3n) is 4.79. The number of carbonyl (C=O) groups is 4. The molecule has 2 aromatic rings. The standard InChI is InChI=1S/C21H28N4O6/c1-11(2)7-14(22)19(28)24-16(9-18(26)27)20(29)25-17(21(30)31)8-12-10-23-15-6-4-3-5-13(12)15/h3-6,10-11,14,16-17,23H,7-9,22H2,1-2H3,(H,24,28)(H,25,29)(H,26,27)(H,30,31). The largest absolute Gasteiger partial charge is 0.481 e. The zero-order valence-corrected chi connectivity index (χ0v) is 17.4. The molecule has 3 unspecified atom stereocenters. The summed E-state index contributed by atoms with van der Waals surface area (Å²) in [6.07, 6.45) is 1.29. The minimum absolute atomic E-state index is 0.0221. The summed E-state index contributed by atoms with van der Waals surface area (Å²) in [7, 11) is 0. The van der Waals surface area contributed by atoms with Gasteiger partial charge < -0.3 is 31.6 Å². The van der Waals surface area contributed by atoms with Gasteiger partial charge in [-0.05, 0) is 24.0 Å². The van der Waals surface area contributed by atoms with Crippen molar-refractivity contribution in [1.82, 2.24) is 15.6 Å². The van der Waals surface area contributed by atoms with Crippen molar-refractivity contribution in [2.45, 2.75) is 51.2 Å². The van der Waals surface area contributed by atoms with Crippen LogP contribution in [-0.2, 0) is 25.6 Å². The highest BCUT2D eigenvalue weighted by molar-refractivity contribution is 5.94. The number of rotatable bonds is 11. The second-order valence-electron chi connectivity index (χ2n) is 7.86. The summed E-state index contributed by atoms with van der Waals surface area (Å²) in [5.41, 5.74) is 7.31. The van der Waals surface area contributed by atoms with Gasteiger partial charge in [0.05, 0.1) is 12.5 Å². The van der Waals surface area contributed by atoms with E-state index in [4.69, 9.17) is 10.8 Å². The molecule has 0 aliphatic rings. The molecule has 7 N–H and O–H groups in total. The number of aliphatic carboxylic acids is 2. The Balaban J connectivity index is 2.13. The van der Waals surface area contributed by atoms with Gasteiger partial charge in [0.2, 0.25) is 11.8 Å². The van der Waals surface area contributed by atoms with Crippen molar-refractivity contribution in [2.24, 2.45) is 11.7 Å². The van der Waals surface area contributed by atoms with Crippen molar-refractivity contribution < 1.29 is 29.4 Å². The van der Waals surface area contributed by atoms with Gasteiger partial charge in [0, 0.05) is 23.5 Å². The number of carboxylic acids is 2. The van der Waals surface area contributed by atoms with Crippen molar-refractivity contribution in [3.05, 3.63) is 36.0 Å². The van der Waals surface area contributed by atoms with Crippen LogP contribution in [0.5, 0.6) is 0 Å². The molecule has 0 radical (unpaired) electrons. The molecule has 168 valence electrons. The molecule has 1 aromatic heterocycles. The summed E-state index contributed by atoms with van der Waals surface area (Å²) in [4.78, 5) is 50.9. The molecule has 0 spiro atoms. The Morgan fingerprint density at radius 1 is 1.03 bits per heavy atom. The predicted molar refractivity (Wildman–Crippen MR) is 113 cm³/mol. The van der Waals surface area contributed by atoms with Gasteiger partial charge in [0.25, 0.3) is 0 Å². The van der Waals surface area contributed by atoms with Crippen LogP contribution in [0.3, 0.4) is 0 Å². The minimum atomic E-state index is -1.45. The lowest BCUT2D eigenvalue weighted by Gasteiger charge is -2.22. The maximum absolute atomic E-state index is 12.7. The van der Waals surface area contributed by atoms with E-state index in [9.17, 15) is 24.3 Å². The predicted octanol–water partition coefficient (Wildman–Crippen LogP) is 0.613. The molecule has 2 amide bonds. The normalized spacial score (nSPS) is 14.1. The topological polar surface area (TPSA) is 175 Å². The lowest BCUT2D eigenvalue weighted by molar-refractivity contribution is -0.143. The van der Waals surface area contributed by atoms with Crippen molar-refractivity contribution in [3.8, 4) is 0 Å². The SMILES string of the molecule is CC(C)CC(N)C(=O)NC(CC(=O)O)C(=O)NC(Cc1c[nH]c2ccccc12)C(=O)O. The maximum atomic E-state index is 12.7. The number of carbonyl (C=O) groups excluding carboxylic acids is 2. The molecule has 0 bridgehead atoms. The van der Waals surface area contributed by atoms with Crippen molar-refractivity contribution >= 4 is 34.7 Å². The Morgan fingerprint density at radius 2 is 1.68 bits per heavy atom. The monoisotopic (exact) mass is 432 g/mol. The van der Waals surface area contributed by atoms with Crippen LogP contribution in [0.25, 0.3) is 10.9 Å². The third kappa shape index (κ3) is 6.82. The zero-order chi connectivity index (χ0) is 23.1. The van der Waals surface area contributed by atoms with Crippen LogP contribution in [0.2, 0.25) is 0 Å². The molecule has 2 rings (SSSR count). The highest BCUT2D eigenvalue weighted by Crippen LogP contribution is 2.19. The number of para-hydroxylation sites is 1. The van der Waals surface area contributed by atoms with Gasteiger partial charge in [-0.25, -0.2) is 4.79 Å². The molecule has 0 fully saturated rings. The summed E-state index contributed by atoms with van der Waals surface area (Å²) in [5, 5.41) is 24.2. The number of fused-ring (bicyclic) bond motifs is 1. The van der Waals surface area contributed by atoms with Gasteiger partial charge in [0.15, 0.2) is 0 Å². The first-order valence-corrected chi connectivity index (χ1v) is 9.94. The van der Waals surface area contributed by atoms with Crippen LogP contribution < -0.4 is 16.4 Å². The van der Waals surface area contributed by atoms with Crippen LogP contribution >= 0.6 is 0 Å². The van der Waals surface area contributed by atoms with E-state index in [0.717, 1.165) is 10.9 Å². The molecule has 0 aliphatic carbocycles. The van der Waals surface area contributed by atoms with Crippen LogP contribution in [0, 0.1) is 5.92 Å². The lowest BCUT2D eigenvalue weighted by atomic mass is 10.0. The number of aromatic amines is 1. The average Bonchev–Trinajstić information content (AvgIpc) is 3.08. The average molecular weight is 432 g/mol. The van der Waals surface area contributed by atoms with E-state index >= 15 is 0 Å². The molecule has 1 aromatic carbocycles. The second kappa shape index (κ2) is 10.6. The Kier molecular flexibility index (Phi) is 8.14. The van der Waals surface area contributed by atoms with Gasteiger partial charge in [-0.1, -0.05) is 32.0 Å². The van der Waals surface area contributed by atoms with Gasteiger partial charge in [0.1, 0.15) is 12.1 Å². The number of amides is 2. The fourth-order valence-corrected chi connectivity index (χ4v) is 3.27. The Hall–Kier alpha value is -3.40. The molecule has 0 aliphatic heterocycles. The number of benzene rings is 1. The number of hydrogen-bond donors (Lipinski definition) is 6. The fourth-order valence-electron chi connectivity index (χ4n) is 3.27. The highest BCUT2D eigenvalue weighted by Gasteiger charge is 2.30. The summed E-state index contributed by atoms with van der Waals surface area (Å²) >= 11 is 0. The molecule has 0 saturated carbocycles. The zero-order valence-electron chi connectivity index (χ0n) is 17.4. The summed E-state index contributed by atoms with van der Waals surface area (Å²) in [6.45, 7) is 3.74.